The number of rotatable bonds is 3. The van der Waals surface area contributed by atoms with E-state index in [1.54, 1.807) is 18.2 Å². The van der Waals surface area contributed by atoms with E-state index >= 15 is 0 Å². The van der Waals surface area contributed by atoms with Crippen molar-refractivity contribution in [2.24, 2.45) is 0 Å². The van der Waals surface area contributed by atoms with Gasteiger partial charge in [-0.3, -0.25) is 0 Å². The van der Waals surface area contributed by atoms with Crippen molar-refractivity contribution in [3.05, 3.63) is 57.4 Å². The maximum atomic E-state index is 13.7. The molecule has 0 saturated carbocycles. The summed E-state index contributed by atoms with van der Waals surface area (Å²) in [7, 11) is 1.23. The number of hydrogen-bond donors (Lipinski definition) is 2. The fourth-order valence-electron chi connectivity index (χ4n) is 2.33. The van der Waals surface area contributed by atoms with Crippen molar-refractivity contribution in [1.29, 1.82) is 0 Å². The van der Waals surface area contributed by atoms with E-state index in [4.69, 9.17) is 23.8 Å². The molecule has 0 unspecified atom stereocenters. The van der Waals surface area contributed by atoms with Crippen LogP contribution in [0.15, 0.2) is 24.3 Å². The van der Waals surface area contributed by atoms with Gasteiger partial charge in [-0.1, -0.05) is 11.6 Å². The molecule has 0 amide bonds. The first kappa shape index (κ1) is 20.3. The summed E-state index contributed by atoms with van der Waals surface area (Å²) in [5.74, 6) is -6.92. The Labute approximate surface area is 170 Å². The molecular formula is C17H9ClF4N2O2S2. The van der Waals surface area contributed by atoms with E-state index in [1.807, 2.05) is 0 Å². The molecule has 4 nitrogen and oxygen atoms in total. The molecule has 0 fully saturated rings. The van der Waals surface area contributed by atoms with E-state index in [0.717, 1.165) is 11.3 Å². The molecule has 2 N–H and O–H groups in total. The summed E-state index contributed by atoms with van der Waals surface area (Å²) in [6.45, 7) is 0. The van der Waals surface area contributed by atoms with Gasteiger partial charge in [0.1, 0.15) is 10.6 Å². The zero-order valence-electron chi connectivity index (χ0n) is 13.8. The minimum absolute atomic E-state index is 0.0969. The number of benzene rings is 2. The van der Waals surface area contributed by atoms with Crippen molar-refractivity contribution in [3.8, 4) is 0 Å². The molecule has 0 aliphatic carbocycles. The normalized spacial score (nSPS) is 10.8. The van der Waals surface area contributed by atoms with Crippen molar-refractivity contribution >= 4 is 67.7 Å². The van der Waals surface area contributed by atoms with Crippen molar-refractivity contribution in [3.63, 3.8) is 0 Å². The molecule has 0 bridgehead atoms. The average molecular weight is 449 g/mol. The van der Waals surface area contributed by atoms with Crippen molar-refractivity contribution in [2.45, 2.75) is 0 Å². The van der Waals surface area contributed by atoms with Crippen LogP contribution >= 0.6 is 35.2 Å². The average Bonchev–Trinajstić information content (AvgIpc) is 2.99. The molecule has 0 spiro atoms. The maximum absolute atomic E-state index is 13.7. The molecule has 28 heavy (non-hydrogen) atoms. The van der Waals surface area contributed by atoms with Gasteiger partial charge in [-0.05, 0) is 30.4 Å². The van der Waals surface area contributed by atoms with Crippen LogP contribution in [0.25, 0.3) is 10.1 Å². The third-order valence-corrected chi connectivity index (χ3v) is 5.45. The highest BCUT2D eigenvalue weighted by molar-refractivity contribution is 7.80. The highest BCUT2D eigenvalue weighted by Crippen LogP contribution is 2.37. The second-order valence-electron chi connectivity index (χ2n) is 5.37. The molecule has 3 rings (SSSR count). The Hall–Kier alpha value is -2.43. The number of ether oxygens (including phenoxy) is 1. The molecule has 11 heteroatoms. The van der Waals surface area contributed by atoms with Gasteiger partial charge in [-0.15, -0.1) is 11.3 Å². The van der Waals surface area contributed by atoms with Crippen molar-refractivity contribution in [1.82, 2.24) is 0 Å². The molecule has 1 aromatic heterocycles. The Bertz CT molecular complexity index is 1090. The minimum atomic E-state index is -1.61. The number of carbonyl (C=O) groups is 1. The Balaban J connectivity index is 1.85. The van der Waals surface area contributed by atoms with Crippen LogP contribution in [0.5, 0.6) is 0 Å². The molecule has 0 radical (unpaired) electrons. The number of fused-ring (bicyclic) bond motifs is 1. The van der Waals surface area contributed by atoms with Gasteiger partial charge in [-0.25, -0.2) is 22.4 Å². The Morgan fingerprint density at radius 1 is 1.11 bits per heavy atom. The zero-order valence-corrected chi connectivity index (χ0v) is 16.2. The summed E-state index contributed by atoms with van der Waals surface area (Å²) in [6, 6.07) is 4.84. The van der Waals surface area contributed by atoms with Crippen LogP contribution < -0.4 is 10.6 Å². The summed E-state index contributed by atoms with van der Waals surface area (Å²) < 4.78 is 59.3. The molecule has 0 atom stereocenters. The number of hydrogen-bond acceptors (Lipinski definition) is 4. The van der Waals surface area contributed by atoms with Crippen LogP contribution in [-0.2, 0) is 4.74 Å². The number of esters is 1. The van der Waals surface area contributed by atoms with E-state index < -0.39 is 34.9 Å². The third kappa shape index (κ3) is 3.75. The van der Waals surface area contributed by atoms with Crippen LogP contribution in [0.1, 0.15) is 9.67 Å². The first-order valence-electron chi connectivity index (χ1n) is 7.44. The summed E-state index contributed by atoms with van der Waals surface area (Å²) in [5, 5.41) is 5.26. The fourth-order valence-corrected chi connectivity index (χ4v) is 4.01. The number of anilines is 2. The van der Waals surface area contributed by atoms with E-state index in [1.165, 1.54) is 7.11 Å². The largest absolute Gasteiger partial charge is 0.465 e. The van der Waals surface area contributed by atoms with Gasteiger partial charge in [0, 0.05) is 21.8 Å². The van der Waals surface area contributed by atoms with E-state index in [-0.39, 0.29) is 21.1 Å². The molecule has 1 heterocycles. The lowest BCUT2D eigenvalue weighted by Crippen LogP contribution is -2.21. The smallest absolute Gasteiger partial charge is 0.349 e. The van der Waals surface area contributed by atoms with Crippen LogP contribution in [0.3, 0.4) is 0 Å². The number of halogens is 5. The molecule has 146 valence electrons. The van der Waals surface area contributed by atoms with Crippen LogP contribution in [0, 0.1) is 23.3 Å². The van der Waals surface area contributed by atoms with Gasteiger partial charge in [0.25, 0.3) is 0 Å². The minimum Gasteiger partial charge on any atom is -0.465 e. The number of carbonyl (C=O) groups excluding carboxylic acids is 1. The van der Waals surface area contributed by atoms with Gasteiger partial charge in [0.05, 0.1) is 12.1 Å². The van der Waals surface area contributed by atoms with Gasteiger partial charge in [0.2, 0.25) is 0 Å². The third-order valence-electron chi connectivity index (χ3n) is 3.61. The number of methoxy groups -OCH3 is 1. The quantitative estimate of drug-likeness (QED) is 0.233. The maximum Gasteiger partial charge on any atom is 0.349 e. The van der Waals surface area contributed by atoms with Gasteiger partial charge in [0.15, 0.2) is 28.4 Å². The van der Waals surface area contributed by atoms with E-state index in [0.29, 0.717) is 15.8 Å². The van der Waals surface area contributed by atoms with Crippen LogP contribution in [-0.4, -0.2) is 18.2 Å². The second kappa shape index (κ2) is 7.90. The first-order valence-corrected chi connectivity index (χ1v) is 9.04. The topological polar surface area (TPSA) is 50.4 Å². The molecule has 2 aromatic carbocycles. The summed E-state index contributed by atoms with van der Waals surface area (Å²) in [4.78, 5) is 11.9. The Morgan fingerprint density at radius 3 is 2.36 bits per heavy atom. The molecular weight excluding hydrogens is 440 g/mol. The SMILES string of the molecule is COC(=O)c1sc2cc(NC(=S)Nc3c(F)c(F)cc(F)c3F)ccc2c1Cl. The second-order valence-corrected chi connectivity index (χ2v) is 7.21. The predicted octanol–water partition coefficient (Wildman–Crippen LogP) is 5.71. The Kier molecular flexibility index (Phi) is 5.73. The summed E-state index contributed by atoms with van der Waals surface area (Å²) in [5.41, 5.74) is -0.666. The van der Waals surface area contributed by atoms with Gasteiger partial charge >= 0.3 is 5.97 Å². The van der Waals surface area contributed by atoms with E-state index in [9.17, 15) is 22.4 Å². The highest BCUT2D eigenvalue weighted by Gasteiger charge is 2.21. The molecule has 0 aliphatic heterocycles. The predicted molar refractivity (Wildman–Crippen MR) is 104 cm³/mol. The molecule has 0 saturated heterocycles. The fraction of sp³-hybridized carbons (Fsp3) is 0.0588. The monoisotopic (exact) mass is 448 g/mol. The lowest BCUT2D eigenvalue weighted by atomic mass is 10.2. The van der Waals surface area contributed by atoms with Gasteiger partial charge < -0.3 is 15.4 Å². The first-order chi connectivity index (χ1) is 13.2. The lowest BCUT2D eigenvalue weighted by Gasteiger charge is -2.12. The van der Waals surface area contributed by atoms with Crippen LogP contribution in [0.4, 0.5) is 28.9 Å². The number of thiocarbonyl (C=S) groups is 1. The number of nitrogens with one attached hydrogen (secondary N) is 2. The Morgan fingerprint density at radius 2 is 1.75 bits per heavy atom. The van der Waals surface area contributed by atoms with Gasteiger partial charge in [-0.2, -0.15) is 0 Å². The zero-order chi connectivity index (χ0) is 20.6. The van der Waals surface area contributed by atoms with Crippen LogP contribution in [0.2, 0.25) is 5.02 Å². The molecule has 0 aliphatic rings. The van der Waals surface area contributed by atoms with Crippen molar-refractivity contribution < 1.29 is 27.1 Å². The molecule has 3 aromatic rings. The summed E-state index contributed by atoms with van der Waals surface area (Å²) >= 11 is 12.2. The standard InChI is InChI=1S/C17H9ClF4N2O2S2/c1-26-16(25)15-11(18)7-3-2-6(4-10(7)28-15)23-17(27)24-14-12(21)8(19)5-9(20)13(14)22/h2-5H,1H3,(H2,23,24,27). The van der Waals surface area contributed by atoms with Crippen molar-refractivity contribution in [2.75, 3.05) is 17.7 Å². The van der Waals surface area contributed by atoms with E-state index in [2.05, 4.69) is 15.4 Å². The highest BCUT2D eigenvalue weighted by atomic mass is 35.5. The summed E-state index contributed by atoms with van der Waals surface area (Å²) in [6.07, 6.45) is 0. The number of thiophene rings is 1. The lowest BCUT2D eigenvalue weighted by molar-refractivity contribution is 0.0606.